The first-order valence-corrected chi connectivity index (χ1v) is 7.96. The standard InChI is InChI=1S/C20H16N2O3/c1-12-5-3-6-13(11-12)25-17-10-9-16-18-14(17)7-4-8-15(18)19(23)22(21-2)20(16)24/h3-11,21H,1-2H3. The number of hydrogen-bond donors (Lipinski definition) is 1. The van der Waals surface area contributed by atoms with Crippen LogP contribution in [0.3, 0.4) is 0 Å². The molecule has 0 aromatic heterocycles. The zero-order valence-corrected chi connectivity index (χ0v) is 13.9. The minimum atomic E-state index is -0.363. The van der Waals surface area contributed by atoms with Gasteiger partial charge in [0.1, 0.15) is 11.5 Å². The van der Waals surface area contributed by atoms with Crippen LogP contribution < -0.4 is 10.2 Å². The number of carbonyl (C=O) groups is 2. The molecule has 2 amide bonds. The van der Waals surface area contributed by atoms with Gasteiger partial charge in [0.05, 0.1) is 11.1 Å². The van der Waals surface area contributed by atoms with Gasteiger partial charge in [-0.05, 0) is 42.8 Å². The van der Waals surface area contributed by atoms with Crippen LogP contribution >= 0.6 is 0 Å². The Morgan fingerprint density at radius 1 is 0.920 bits per heavy atom. The van der Waals surface area contributed by atoms with E-state index in [0.717, 1.165) is 16.0 Å². The SMILES string of the molecule is CNN1C(=O)c2cccc3c(Oc4cccc(C)c4)ccc(c23)C1=O. The first kappa shape index (κ1) is 15.4. The summed E-state index contributed by atoms with van der Waals surface area (Å²) in [5.41, 5.74) is 4.71. The molecular weight excluding hydrogens is 316 g/mol. The van der Waals surface area contributed by atoms with Crippen LogP contribution in [0.15, 0.2) is 54.6 Å². The molecule has 5 heteroatoms. The van der Waals surface area contributed by atoms with Gasteiger partial charge in [0.25, 0.3) is 11.8 Å². The van der Waals surface area contributed by atoms with E-state index in [1.54, 1.807) is 31.3 Å². The summed E-state index contributed by atoms with van der Waals surface area (Å²) in [6, 6.07) is 16.6. The van der Waals surface area contributed by atoms with E-state index >= 15 is 0 Å². The first-order valence-electron chi connectivity index (χ1n) is 7.96. The van der Waals surface area contributed by atoms with E-state index in [-0.39, 0.29) is 11.8 Å². The highest BCUT2D eigenvalue weighted by atomic mass is 16.5. The van der Waals surface area contributed by atoms with E-state index in [0.29, 0.717) is 28.0 Å². The topological polar surface area (TPSA) is 58.6 Å². The Bertz CT molecular complexity index is 1000. The van der Waals surface area contributed by atoms with Crippen molar-refractivity contribution in [1.82, 2.24) is 10.4 Å². The number of nitrogens with one attached hydrogen (secondary N) is 1. The third kappa shape index (κ3) is 2.37. The molecule has 3 aromatic carbocycles. The smallest absolute Gasteiger partial charge is 0.275 e. The molecule has 0 bridgehead atoms. The van der Waals surface area contributed by atoms with Crippen molar-refractivity contribution in [3.63, 3.8) is 0 Å². The number of carbonyl (C=O) groups excluding carboxylic acids is 2. The normalized spacial score (nSPS) is 13.4. The van der Waals surface area contributed by atoms with Gasteiger partial charge in [-0.25, -0.2) is 10.4 Å². The molecule has 4 rings (SSSR count). The van der Waals surface area contributed by atoms with Crippen LogP contribution in [0.4, 0.5) is 0 Å². The van der Waals surface area contributed by atoms with Crippen molar-refractivity contribution >= 4 is 22.6 Å². The lowest BCUT2D eigenvalue weighted by Gasteiger charge is -2.26. The monoisotopic (exact) mass is 332 g/mol. The van der Waals surface area contributed by atoms with Crippen LogP contribution in [0.5, 0.6) is 11.5 Å². The summed E-state index contributed by atoms with van der Waals surface area (Å²) < 4.78 is 6.02. The maximum atomic E-state index is 12.6. The molecule has 0 radical (unpaired) electrons. The molecule has 0 fully saturated rings. The predicted molar refractivity (Wildman–Crippen MR) is 94.8 cm³/mol. The summed E-state index contributed by atoms with van der Waals surface area (Å²) in [5.74, 6) is 0.604. The van der Waals surface area contributed by atoms with Crippen LogP contribution in [0.1, 0.15) is 26.3 Å². The Morgan fingerprint density at radius 2 is 1.64 bits per heavy atom. The third-order valence-electron chi connectivity index (χ3n) is 4.31. The predicted octanol–water partition coefficient (Wildman–Crippen LogP) is 3.67. The molecular formula is C20H16N2O3. The minimum absolute atomic E-state index is 0.363. The highest BCUT2D eigenvalue weighted by molar-refractivity contribution is 6.25. The van der Waals surface area contributed by atoms with Gasteiger partial charge in [-0.3, -0.25) is 9.59 Å². The van der Waals surface area contributed by atoms with Crippen LogP contribution in [-0.4, -0.2) is 23.9 Å². The van der Waals surface area contributed by atoms with Crippen molar-refractivity contribution in [2.75, 3.05) is 7.05 Å². The lowest BCUT2D eigenvalue weighted by molar-refractivity contribution is 0.0540. The Hall–Kier alpha value is -3.18. The lowest BCUT2D eigenvalue weighted by atomic mass is 9.94. The maximum absolute atomic E-state index is 12.6. The van der Waals surface area contributed by atoms with E-state index in [9.17, 15) is 9.59 Å². The van der Waals surface area contributed by atoms with Crippen LogP contribution in [0.25, 0.3) is 10.8 Å². The molecule has 0 atom stereocenters. The van der Waals surface area contributed by atoms with Crippen molar-refractivity contribution in [2.24, 2.45) is 0 Å². The summed E-state index contributed by atoms with van der Waals surface area (Å²) in [7, 11) is 1.55. The number of aryl methyl sites for hydroxylation is 1. The molecule has 124 valence electrons. The van der Waals surface area contributed by atoms with Gasteiger partial charge >= 0.3 is 0 Å². The van der Waals surface area contributed by atoms with Crippen molar-refractivity contribution in [3.8, 4) is 11.5 Å². The van der Waals surface area contributed by atoms with E-state index in [4.69, 9.17) is 4.74 Å². The van der Waals surface area contributed by atoms with E-state index in [2.05, 4.69) is 5.43 Å². The van der Waals surface area contributed by atoms with Crippen molar-refractivity contribution in [1.29, 1.82) is 0 Å². The molecule has 25 heavy (non-hydrogen) atoms. The number of ether oxygens (including phenoxy) is 1. The quantitative estimate of drug-likeness (QED) is 0.744. The fourth-order valence-corrected chi connectivity index (χ4v) is 3.17. The van der Waals surface area contributed by atoms with Gasteiger partial charge in [0, 0.05) is 17.8 Å². The van der Waals surface area contributed by atoms with Crippen LogP contribution in [-0.2, 0) is 0 Å². The second-order valence-corrected chi connectivity index (χ2v) is 5.93. The summed E-state index contributed by atoms with van der Waals surface area (Å²) in [6.45, 7) is 1.99. The number of nitrogens with zero attached hydrogens (tertiary/aromatic N) is 1. The highest BCUT2D eigenvalue weighted by Gasteiger charge is 2.32. The molecule has 0 unspecified atom stereocenters. The zero-order chi connectivity index (χ0) is 17.6. The Morgan fingerprint density at radius 3 is 2.36 bits per heavy atom. The van der Waals surface area contributed by atoms with Gasteiger partial charge < -0.3 is 4.74 Å². The van der Waals surface area contributed by atoms with Gasteiger partial charge in [0.15, 0.2) is 0 Å². The van der Waals surface area contributed by atoms with Crippen LogP contribution in [0.2, 0.25) is 0 Å². The number of imide groups is 1. The Labute approximate surface area is 144 Å². The fraction of sp³-hybridized carbons (Fsp3) is 0.100. The van der Waals surface area contributed by atoms with Crippen molar-refractivity contribution in [3.05, 3.63) is 71.3 Å². The Balaban J connectivity index is 1.90. The summed E-state index contributed by atoms with van der Waals surface area (Å²) in [6.07, 6.45) is 0. The number of hydrogen-bond acceptors (Lipinski definition) is 4. The van der Waals surface area contributed by atoms with Crippen LogP contribution in [0, 0.1) is 6.92 Å². The average Bonchev–Trinajstić information content (AvgIpc) is 2.61. The van der Waals surface area contributed by atoms with Crippen molar-refractivity contribution in [2.45, 2.75) is 6.92 Å². The van der Waals surface area contributed by atoms with Gasteiger partial charge in [-0.1, -0.05) is 24.3 Å². The molecule has 0 saturated carbocycles. The Kier molecular flexibility index (Phi) is 3.51. The first-order chi connectivity index (χ1) is 12.1. The fourth-order valence-electron chi connectivity index (χ4n) is 3.17. The molecule has 5 nitrogen and oxygen atoms in total. The molecule has 1 N–H and O–H groups in total. The van der Waals surface area contributed by atoms with Gasteiger partial charge in [-0.15, -0.1) is 0 Å². The van der Waals surface area contributed by atoms with Gasteiger partial charge in [0.2, 0.25) is 0 Å². The number of rotatable bonds is 3. The second kappa shape index (κ2) is 5.72. The molecule has 3 aromatic rings. The molecule has 1 heterocycles. The van der Waals surface area contributed by atoms with E-state index in [1.165, 1.54) is 0 Å². The average molecular weight is 332 g/mol. The number of amides is 2. The van der Waals surface area contributed by atoms with Gasteiger partial charge in [-0.2, -0.15) is 0 Å². The third-order valence-corrected chi connectivity index (χ3v) is 4.31. The summed E-state index contributed by atoms with van der Waals surface area (Å²) in [5, 5.41) is 2.40. The molecule has 1 aliphatic rings. The lowest BCUT2D eigenvalue weighted by Crippen LogP contribution is -2.47. The molecule has 0 saturated heterocycles. The summed E-state index contributed by atoms with van der Waals surface area (Å²) in [4.78, 5) is 25.1. The van der Waals surface area contributed by atoms with E-state index < -0.39 is 0 Å². The number of hydrazine groups is 1. The molecule has 0 spiro atoms. The van der Waals surface area contributed by atoms with Crippen molar-refractivity contribution < 1.29 is 14.3 Å². The summed E-state index contributed by atoms with van der Waals surface area (Å²) >= 11 is 0. The zero-order valence-electron chi connectivity index (χ0n) is 13.9. The molecule has 0 aliphatic carbocycles. The second-order valence-electron chi connectivity index (χ2n) is 5.93. The largest absolute Gasteiger partial charge is 0.457 e. The maximum Gasteiger partial charge on any atom is 0.275 e. The molecule has 1 aliphatic heterocycles. The highest BCUT2D eigenvalue weighted by Crippen LogP contribution is 2.37. The van der Waals surface area contributed by atoms with E-state index in [1.807, 2.05) is 37.3 Å². The number of benzene rings is 3. The minimum Gasteiger partial charge on any atom is -0.457 e.